The van der Waals surface area contributed by atoms with Crippen LogP contribution in [0.2, 0.25) is 0 Å². The highest BCUT2D eigenvalue weighted by atomic mass is 16.2. The molecule has 2 heterocycles. The van der Waals surface area contributed by atoms with Crippen LogP contribution < -0.4 is 10.6 Å². The van der Waals surface area contributed by atoms with Gasteiger partial charge in [-0.2, -0.15) is 0 Å². The number of benzene rings is 1. The van der Waals surface area contributed by atoms with E-state index >= 15 is 0 Å². The Hall–Kier alpha value is -2.21. The van der Waals surface area contributed by atoms with Crippen LogP contribution in [0.1, 0.15) is 82.9 Å². The summed E-state index contributed by atoms with van der Waals surface area (Å²) in [6.45, 7) is 3.00. The molecule has 1 aliphatic carbocycles. The molecule has 2 atom stereocenters. The molecule has 1 saturated heterocycles. The number of amides is 3. The molecule has 27 heavy (non-hydrogen) atoms. The van der Waals surface area contributed by atoms with E-state index in [4.69, 9.17) is 0 Å². The number of hydrogen-bond acceptors (Lipinski definition) is 4. The fraction of sp³-hybridized carbons (Fsp3) is 0.571. The number of imide groups is 1. The Morgan fingerprint density at radius 3 is 2.56 bits per heavy atom. The zero-order valence-electron chi connectivity index (χ0n) is 15.8. The Kier molecular flexibility index (Phi) is 5.00. The van der Waals surface area contributed by atoms with Crippen LogP contribution in [-0.2, 0) is 0 Å². The van der Waals surface area contributed by atoms with E-state index in [1.54, 1.807) is 18.2 Å². The summed E-state index contributed by atoms with van der Waals surface area (Å²) in [5.41, 5.74) is 1.25. The number of carbonyl (C=O) groups is 3. The molecule has 6 heteroatoms. The maximum absolute atomic E-state index is 12.9. The summed E-state index contributed by atoms with van der Waals surface area (Å²) in [6, 6.07) is 5.41. The molecule has 3 aliphatic rings. The lowest BCUT2D eigenvalue weighted by molar-refractivity contribution is 0.0548. The Morgan fingerprint density at radius 1 is 1.07 bits per heavy atom. The first-order valence-electron chi connectivity index (χ1n) is 10.1. The van der Waals surface area contributed by atoms with E-state index in [0.717, 1.165) is 45.1 Å². The average molecular weight is 369 g/mol. The van der Waals surface area contributed by atoms with E-state index in [2.05, 4.69) is 17.6 Å². The van der Waals surface area contributed by atoms with Crippen LogP contribution in [0.5, 0.6) is 0 Å². The van der Waals surface area contributed by atoms with Crippen molar-refractivity contribution in [1.82, 2.24) is 15.5 Å². The van der Waals surface area contributed by atoms with Crippen molar-refractivity contribution in [3.05, 3.63) is 34.9 Å². The monoisotopic (exact) mass is 369 g/mol. The molecule has 0 radical (unpaired) electrons. The fourth-order valence-electron chi connectivity index (χ4n) is 4.60. The molecule has 3 amide bonds. The quantitative estimate of drug-likeness (QED) is 0.803. The van der Waals surface area contributed by atoms with Gasteiger partial charge in [0.1, 0.15) is 0 Å². The lowest BCUT2D eigenvalue weighted by Crippen LogP contribution is -2.46. The first kappa shape index (κ1) is 18.2. The molecule has 2 fully saturated rings. The SMILES string of the molecule is CC1CC(NC(=O)c2ccc3c(c2)C(=O)N(C2CCCCC2)C3=O)CCN1. The van der Waals surface area contributed by atoms with E-state index in [9.17, 15) is 14.4 Å². The Morgan fingerprint density at radius 2 is 1.81 bits per heavy atom. The summed E-state index contributed by atoms with van der Waals surface area (Å²) in [5, 5.41) is 6.44. The van der Waals surface area contributed by atoms with Gasteiger partial charge in [0.25, 0.3) is 17.7 Å². The Balaban J connectivity index is 1.51. The number of nitrogens with zero attached hydrogens (tertiary/aromatic N) is 1. The molecular formula is C21H27N3O3. The second-order valence-electron chi connectivity index (χ2n) is 8.08. The third-order valence-electron chi connectivity index (χ3n) is 6.08. The summed E-state index contributed by atoms with van der Waals surface area (Å²) in [6.07, 6.45) is 6.83. The molecule has 2 unspecified atom stereocenters. The number of fused-ring (bicyclic) bond motifs is 1. The van der Waals surface area contributed by atoms with E-state index in [1.165, 1.54) is 11.3 Å². The van der Waals surface area contributed by atoms with Crippen LogP contribution in [-0.4, -0.2) is 47.3 Å². The van der Waals surface area contributed by atoms with Crippen LogP contribution in [0.3, 0.4) is 0 Å². The third-order valence-corrected chi connectivity index (χ3v) is 6.08. The first-order chi connectivity index (χ1) is 13.0. The summed E-state index contributed by atoms with van der Waals surface area (Å²) in [4.78, 5) is 39.7. The van der Waals surface area contributed by atoms with Gasteiger partial charge in [-0.15, -0.1) is 0 Å². The molecule has 1 aromatic carbocycles. The number of nitrogens with one attached hydrogen (secondary N) is 2. The smallest absolute Gasteiger partial charge is 0.261 e. The van der Waals surface area contributed by atoms with Crippen molar-refractivity contribution in [3.8, 4) is 0 Å². The van der Waals surface area contributed by atoms with Crippen molar-refractivity contribution in [2.75, 3.05) is 6.54 Å². The van der Waals surface area contributed by atoms with Crippen LogP contribution in [0.15, 0.2) is 18.2 Å². The molecule has 0 spiro atoms. The molecule has 2 N–H and O–H groups in total. The van der Waals surface area contributed by atoms with Crippen LogP contribution in [0.4, 0.5) is 0 Å². The van der Waals surface area contributed by atoms with Gasteiger partial charge in [0.15, 0.2) is 0 Å². The van der Waals surface area contributed by atoms with Gasteiger partial charge in [0.2, 0.25) is 0 Å². The van der Waals surface area contributed by atoms with Crippen molar-refractivity contribution < 1.29 is 14.4 Å². The van der Waals surface area contributed by atoms with Gasteiger partial charge < -0.3 is 10.6 Å². The largest absolute Gasteiger partial charge is 0.349 e. The topological polar surface area (TPSA) is 78.5 Å². The highest BCUT2D eigenvalue weighted by Crippen LogP contribution is 2.31. The molecule has 4 rings (SSSR count). The average Bonchev–Trinajstić information content (AvgIpc) is 2.92. The number of piperidine rings is 1. The van der Waals surface area contributed by atoms with Crippen molar-refractivity contribution in [2.24, 2.45) is 0 Å². The molecule has 144 valence electrons. The van der Waals surface area contributed by atoms with Gasteiger partial charge in [-0.3, -0.25) is 19.3 Å². The number of rotatable bonds is 3. The minimum atomic E-state index is -0.243. The minimum Gasteiger partial charge on any atom is -0.349 e. The van der Waals surface area contributed by atoms with E-state index < -0.39 is 0 Å². The van der Waals surface area contributed by atoms with Gasteiger partial charge in [-0.05, 0) is 57.4 Å². The zero-order chi connectivity index (χ0) is 19.0. The van der Waals surface area contributed by atoms with Gasteiger partial charge >= 0.3 is 0 Å². The summed E-state index contributed by atoms with van der Waals surface area (Å²) in [5.74, 6) is -0.624. The highest BCUT2D eigenvalue weighted by molar-refractivity contribution is 6.22. The molecule has 0 bridgehead atoms. The summed E-state index contributed by atoms with van der Waals surface area (Å²) < 4.78 is 0. The van der Waals surface area contributed by atoms with Crippen molar-refractivity contribution in [3.63, 3.8) is 0 Å². The molecule has 1 aromatic rings. The number of carbonyl (C=O) groups excluding carboxylic acids is 3. The lowest BCUT2D eigenvalue weighted by atomic mass is 9.94. The van der Waals surface area contributed by atoms with Crippen LogP contribution in [0.25, 0.3) is 0 Å². The lowest BCUT2D eigenvalue weighted by Gasteiger charge is -2.29. The van der Waals surface area contributed by atoms with E-state index in [0.29, 0.717) is 22.7 Å². The van der Waals surface area contributed by atoms with Gasteiger partial charge in [0, 0.05) is 23.7 Å². The van der Waals surface area contributed by atoms with Crippen molar-refractivity contribution in [2.45, 2.75) is 70.0 Å². The van der Waals surface area contributed by atoms with Crippen molar-refractivity contribution >= 4 is 17.7 Å². The van der Waals surface area contributed by atoms with E-state index in [1.807, 2.05) is 0 Å². The highest BCUT2D eigenvalue weighted by Gasteiger charge is 2.40. The van der Waals surface area contributed by atoms with Gasteiger partial charge in [-0.25, -0.2) is 0 Å². The second kappa shape index (κ2) is 7.43. The zero-order valence-corrected chi connectivity index (χ0v) is 15.8. The first-order valence-corrected chi connectivity index (χ1v) is 10.1. The molecular weight excluding hydrogens is 342 g/mol. The standard InChI is InChI=1S/C21H27N3O3/c1-13-11-15(9-10-22-13)23-19(25)14-7-8-17-18(12-14)21(27)24(20(17)26)16-5-3-2-4-6-16/h7-8,12-13,15-16,22H,2-6,9-11H2,1H3,(H,23,25). The van der Waals surface area contributed by atoms with Gasteiger partial charge in [-0.1, -0.05) is 19.3 Å². The van der Waals surface area contributed by atoms with Crippen molar-refractivity contribution in [1.29, 1.82) is 0 Å². The summed E-state index contributed by atoms with van der Waals surface area (Å²) in [7, 11) is 0. The second-order valence-corrected chi connectivity index (χ2v) is 8.08. The molecule has 1 saturated carbocycles. The Bertz CT molecular complexity index is 770. The van der Waals surface area contributed by atoms with Crippen LogP contribution in [0, 0.1) is 0 Å². The maximum atomic E-state index is 12.9. The predicted molar refractivity (Wildman–Crippen MR) is 102 cm³/mol. The fourth-order valence-corrected chi connectivity index (χ4v) is 4.60. The molecule has 2 aliphatic heterocycles. The Labute approximate surface area is 159 Å². The van der Waals surface area contributed by atoms with E-state index in [-0.39, 0.29) is 29.8 Å². The van der Waals surface area contributed by atoms with Crippen LogP contribution >= 0.6 is 0 Å². The minimum absolute atomic E-state index is 0.000321. The van der Waals surface area contributed by atoms with Gasteiger partial charge in [0.05, 0.1) is 11.1 Å². The number of hydrogen-bond donors (Lipinski definition) is 2. The predicted octanol–water partition coefficient (Wildman–Crippen LogP) is 2.49. The normalized spacial score (nSPS) is 26.2. The molecule has 6 nitrogen and oxygen atoms in total. The molecule has 0 aromatic heterocycles. The summed E-state index contributed by atoms with van der Waals surface area (Å²) >= 11 is 0. The maximum Gasteiger partial charge on any atom is 0.261 e. The third kappa shape index (κ3) is 3.50.